The van der Waals surface area contributed by atoms with Gasteiger partial charge in [-0.15, -0.1) is 0 Å². The molecule has 5 heteroatoms. The molecule has 1 N–H and O–H groups in total. The SMILES string of the molecule is CC[C@@H](NS(=O)(=O)c1ccc(C)cc1)[Si](C)(C)c1ccccc1. The van der Waals surface area contributed by atoms with Crippen molar-refractivity contribution in [1.29, 1.82) is 0 Å². The van der Waals surface area contributed by atoms with Crippen molar-refractivity contribution in [2.45, 2.75) is 43.9 Å². The van der Waals surface area contributed by atoms with Gasteiger partial charge in [-0.2, -0.15) is 0 Å². The van der Waals surface area contributed by atoms with Crippen molar-refractivity contribution in [3.8, 4) is 0 Å². The molecule has 2 aromatic rings. The lowest BCUT2D eigenvalue weighted by molar-refractivity contribution is 0.573. The Bertz CT molecular complexity index is 740. The molecule has 0 spiro atoms. The molecule has 3 nitrogen and oxygen atoms in total. The molecule has 0 aliphatic carbocycles. The zero-order valence-corrected chi connectivity index (χ0v) is 16.0. The van der Waals surface area contributed by atoms with E-state index in [1.165, 1.54) is 5.19 Å². The van der Waals surface area contributed by atoms with E-state index in [2.05, 4.69) is 29.9 Å². The van der Waals surface area contributed by atoms with Crippen molar-refractivity contribution in [3.05, 3.63) is 60.2 Å². The van der Waals surface area contributed by atoms with Gasteiger partial charge >= 0.3 is 0 Å². The summed E-state index contributed by atoms with van der Waals surface area (Å²) in [5.74, 6) is 0. The second kappa shape index (κ2) is 6.99. The fraction of sp³-hybridized carbons (Fsp3) is 0.333. The first-order valence-corrected chi connectivity index (χ1v) is 12.5. The van der Waals surface area contributed by atoms with Crippen molar-refractivity contribution >= 4 is 23.3 Å². The number of benzene rings is 2. The van der Waals surface area contributed by atoms with E-state index in [9.17, 15) is 8.42 Å². The zero-order valence-electron chi connectivity index (χ0n) is 14.2. The minimum Gasteiger partial charge on any atom is -0.211 e. The number of hydrogen-bond acceptors (Lipinski definition) is 2. The number of aryl methyl sites for hydroxylation is 1. The summed E-state index contributed by atoms with van der Waals surface area (Å²) in [6.45, 7) is 8.42. The molecule has 0 aliphatic heterocycles. The Balaban J connectivity index is 2.30. The molecule has 124 valence electrons. The minimum atomic E-state index is -3.49. The standard InChI is InChI=1S/C18H25NO2SSi/c1-5-18(23(3,4)17-9-7-6-8-10-17)19-22(20,21)16-13-11-15(2)12-14-16/h6-14,18-19H,5H2,1-4H3/t18-/m0/s1. The van der Waals surface area contributed by atoms with Gasteiger partial charge in [0.25, 0.3) is 0 Å². The van der Waals surface area contributed by atoms with Gasteiger partial charge in [0.15, 0.2) is 0 Å². The van der Waals surface area contributed by atoms with Gasteiger partial charge in [-0.05, 0) is 25.5 Å². The van der Waals surface area contributed by atoms with E-state index in [0.717, 1.165) is 12.0 Å². The average Bonchev–Trinajstić information content (AvgIpc) is 2.53. The highest BCUT2D eigenvalue weighted by molar-refractivity contribution is 7.89. The average molecular weight is 348 g/mol. The van der Waals surface area contributed by atoms with Crippen LogP contribution in [0, 0.1) is 6.92 Å². The van der Waals surface area contributed by atoms with Crippen LogP contribution in [0.4, 0.5) is 0 Å². The van der Waals surface area contributed by atoms with Gasteiger partial charge in [0, 0.05) is 5.67 Å². The van der Waals surface area contributed by atoms with Crippen molar-refractivity contribution in [1.82, 2.24) is 4.72 Å². The lowest BCUT2D eigenvalue weighted by Gasteiger charge is -2.32. The Labute approximate surface area is 140 Å². The fourth-order valence-corrected chi connectivity index (χ4v) is 8.07. The maximum atomic E-state index is 12.7. The Morgan fingerprint density at radius 2 is 1.57 bits per heavy atom. The van der Waals surface area contributed by atoms with E-state index in [4.69, 9.17) is 0 Å². The van der Waals surface area contributed by atoms with Gasteiger partial charge in [0.05, 0.1) is 13.0 Å². The van der Waals surface area contributed by atoms with Crippen LogP contribution < -0.4 is 9.91 Å². The third-order valence-electron chi connectivity index (χ3n) is 4.43. The fourth-order valence-electron chi connectivity index (χ4n) is 2.78. The van der Waals surface area contributed by atoms with Gasteiger partial charge in [0.1, 0.15) is 0 Å². The molecule has 0 radical (unpaired) electrons. The van der Waals surface area contributed by atoms with E-state index in [0.29, 0.717) is 4.90 Å². The van der Waals surface area contributed by atoms with Crippen molar-refractivity contribution < 1.29 is 8.42 Å². The van der Waals surface area contributed by atoms with Gasteiger partial charge < -0.3 is 0 Å². The highest BCUT2D eigenvalue weighted by Crippen LogP contribution is 2.17. The predicted molar refractivity (Wildman–Crippen MR) is 99.1 cm³/mol. The molecule has 0 saturated heterocycles. The summed E-state index contributed by atoms with van der Waals surface area (Å²) in [7, 11) is -5.45. The topological polar surface area (TPSA) is 46.2 Å². The molecule has 2 rings (SSSR count). The van der Waals surface area contributed by atoms with Crippen LogP contribution in [0.1, 0.15) is 18.9 Å². The lowest BCUT2D eigenvalue weighted by Crippen LogP contribution is -2.59. The van der Waals surface area contributed by atoms with Crippen LogP contribution in [0.3, 0.4) is 0 Å². The Morgan fingerprint density at radius 1 is 1.00 bits per heavy atom. The molecular formula is C18H25NO2SSi. The molecule has 0 bridgehead atoms. The number of hydrogen-bond donors (Lipinski definition) is 1. The molecule has 0 saturated carbocycles. The van der Waals surface area contributed by atoms with E-state index >= 15 is 0 Å². The highest BCUT2D eigenvalue weighted by atomic mass is 32.2. The summed E-state index contributed by atoms with van der Waals surface area (Å²) in [5.41, 5.74) is 1.01. The second-order valence-corrected chi connectivity index (χ2v) is 12.9. The molecule has 0 heterocycles. The highest BCUT2D eigenvalue weighted by Gasteiger charge is 2.35. The maximum absolute atomic E-state index is 12.7. The van der Waals surface area contributed by atoms with Gasteiger partial charge in [-0.1, -0.05) is 73.2 Å². The van der Waals surface area contributed by atoms with Crippen LogP contribution in [0.5, 0.6) is 0 Å². The number of nitrogens with one attached hydrogen (secondary N) is 1. The minimum absolute atomic E-state index is 0.0452. The zero-order chi connectivity index (χ0) is 17.1. The van der Waals surface area contributed by atoms with E-state index in [1.54, 1.807) is 12.1 Å². The Morgan fingerprint density at radius 3 is 2.09 bits per heavy atom. The van der Waals surface area contributed by atoms with Crippen molar-refractivity contribution in [2.75, 3.05) is 0 Å². The van der Waals surface area contributed by atoms with Gasteiger partial charge in [-0.25, -0.2) is 13.1 Å². The first kappa shape index (κ1) is 17.9. The molecule has 0 aliphatic rings. The summed E-state index contributed by atoms with van der Waals surface area (Å²) in [6, 6.07) is 17.2. The van der Waals surface area contributed by atoms with Gasteiger partial charge in [0.2, 0.25) is 10.0 Å². The van der Waals surface area contributed by atoms with E-state index in [1.807, 2.05) is 44.2 Å². The molecule has 0 aromatic heterocycles. The first-order valence-electron chi connectivity index (χ1n) is 7.92. The summed E-state index contributed by atoms with van der Waals surface area (Å²) >= 11 is 0. The van der Waals surface area contributed by atoms with Crippen molar-refractivity contribution in [3.63, 3.8) is 0 Å². The quantitative estimate of drug-likeness (QED) is 0.816. The first-order chi connectivity index (χ1) is 10.8. The number of sulfonamides is 1. The van der Waals surface area contributed by atoms with E-state index in [-0.39, 0.29) is 5.67 Å². The van der Waals surface area contributed by atoms with Gasteiger partial charge in [-0.3, -0.25) is 0 Å². The smallest absolute Gasteiger partial charge is 0.211 e. The molecule has 23 heavy (non-hydrogen) atoms. The third-order valence-corrected chi connectivity index (χ3v) is 10.2. The summed E-state index contributed by atoms with van der Waals surface area (Å²) in [5, 5.41) is 1.26. The van der Waals surface area contributed by atoms with Crippen LogP contribution in [-0.2, 0) is 10.0 Å². The Hall–Kier alpha value is -1.43. The normalized spacial score (nSPS) is 13.7. The third kappa shape index (κ3) is 4.10. The lowest BCUT2D eigenvalue weighted by atomic mass is 10.2. The van der Waals surface area contributed by atoms with Crippen LogP contribution >= 0.6 is 0 Å². The van der Waals surface area contributed by atoms with Crippen LogP contribution in [0.15, 0.2) is 59.5 Å². The monoisotopic (exact) mass is 347 g/mol. The summed E-state index contributed by atoms with van der Waals surface area (Å²) in [4.78, 5) is 0.333. The summed E-state index contributed by atoms with van der Waals surface area (Å²) in [6.07, 6.45) is 0.777. The van der Waals surface area contributed by atoms with Crippen LogP contribution in [-0.4, -0.2) is 22.2 Å². The van der Waals surface area contributed by atoms with Crippen LogP contribution in [0.2, 0.25) is 13.1 Å². The molecule has 0 unspecified atom stereocenters. The summed E-state index contributed by atoms with van der Waals surface area (Å²) < 4.78 is 28.4. The molecule has 2 aromatic carbocycles. The molecule has 0 fully saturated rings. The molecule has 1 atom stereocenters. The second-order valence-electron chi connectivity index (χ2n) is 6.48. The Kier molecular flexibility index (Phi) is 5.44. The van der Waals surface area contributed by atoms with E-state index < -0.39 is 18.1 Å². The number of rotatable bonds is 6. The molecular weight excluding hydrogens is 322 g/mol. The largest absolute Gasteiger partial charge is 0.240 e. The maximum Gasteiger partial charge on any atom is 0.240 e. The van der Waals surface area contributed by atoms with Crippen LogP contribution in [0.25, 0.3) is 0 Å². The molecule has 0 amide bonds. The van der Waals surface area contributed by atoms with Crippen molar-refractivity contribution in [2.24, 2.45) is 0 Å². The predicted octanol–water partition coefficient (Wildman–Crippen LogP) is 3.21.